The van der Waals surface area contributed by atoms with Crippen molar-refractivity contribution in [3.8, 4) is 11.5 Å². The van der Waals surface area contributed by atoms with Gasteiger partial charge in [-0.1, -0.05) is 11.6 Å². The van der Waals surface area contributed by atoms with Crippen molar-refractivity contribution in [3.63, 3.8) is 0 Å². The molecule has 1 aliphatic rings. The molecule has 0 aliphatic carbocycles. The van der Waals surface area contributed by atoms with Crippen molar-refractivity contribution in [2.75, 3.05) is 13.2 Å². The first-order valence-corrected chi connectivity index (χ1v) is 5.37. The lowest BCUT2D eigenvalue weighted by molar-refractivity contribution is -0.422. The van der Waals surface area contributed by atoms with Crippen LogP contribution in [0.4, 0.5) is 0 Å². The van der Waals surface area contributed by atoms with Crippen LogP contribution in [0.1, 0.15) is 12.5 Å². The Morgan fingerprint density at radius 3 is 2.88 bits per heavy atom. The maximum atomic E-state index is 10.5. The number of ether oxygens (including phenoxy) is 2. The normalized spacial score (nSPS) is 14.6. The summed E-state index contributed by atoms with van der Waals surface area (Å²) in [6.07, 6.45) is 1.43. The van der Waals surface area contributed by atoms with E-state index in [2.05, 4.69) is 0 Å². The first-order chi connectivity index (χ1) is 8.08. The minimum absolute atomic E-state index is 0.0396. The molecule has 0 fully saturated rings. The van der Waals surface area contributed by atoms with Crippen LogP contribution in [0.25, 0.3) is 6.08 Å². The van der Waals surface area contributed by atoms with E-state index >= 15 is 0 Å². The van der Waals surface area contributed by atoms with Crippen LogP contribution in [-0.2, 0) is 0 Å². The zero-order chi connectivity index (χ0) is 12.4. The molecule has 0 amide bonds. The molecule has 1 aromatic carbocycles. The van der Waals surface area contributed by atoms with E-state index in [-0.39, 0.29) is 5.70 Å². The highest BCUT2D eigenvalue weighted by Gasteiger charge is 2.16. The fourth-order valence-electron chi connectivity index (χ4n) is 1.51. The van der Waals surface area contributed by atoms with Crippen molar-refractivity contribution < 1.29 is 14.4 Å². The quantitative estimate of drug-likeness (QED) is 0.602. The summed E-state index contributed by atoms with van der Waals surface area (Å²) in [7, 11) is 0. The summed E-state index contributed by atoms with van der Waals surface area (Å²) in [5, 5.41) is 10.9. The Bertz CT molecular complexity index is 498. The van der Waals surface area contributed by atoms with Crippen molar-refractivity contribution in [1.82, 2.24) is 0 Å². The molecule has 0 unspecified atom stereocenters. The Hall–Kier alpha value is -1.75. The molecule has 2 rings (SSSR count). The third-order valence-electron chi connectivity index (χ3n) is 2.28. The second-order valence-electron chi connectivity index (χ2n) is 3.57. The van der Waals surface area contributed by atoms with E-state index in [1.54, 1.807) is 12.1 Å². The second-order valence-corrected chi connectivity index (χ2v) is 3.98. The Kier molecular flexibility index (Phi) is 3.19. The zero-order valence-corrected chi connectivity index (χ0v) is 9.86. The smallest absolute Gasteiger partial charge is 0.243 e. The van der Waals surface area contributed by atoms with Crippen molar-refractivity contribution in [1.29, 1.82) is 0 Å². The molecule has 0 saturated heterocycles. The monoisotopic (exact) mass is 255 g/mol. The van der Waals surface area contributed by atoms with Crippen LogP contribution in [0.15, 0.2) is 17.8 Å². The lowest BCUT2D eigenvalue weighted by Crippen LogP contribution is -2.15. The summed E-state index contributed by atoms with van der Waals surface area (Å²) in [6, 6.07) is 3.29. The SMILES string of the molecule is C/C(=C\c1cc(Cl)c2c(c1)OCCO2)[N+](=O)[O-]. The predicted octanol–water partition coefficient (Wildman–Crippen LogP) is 2.75. The number of nitro groups is 1. The molecule has 0 saturated carbocycles. The summed E-state index contributed by atoms with van der Waals surface area (Å²) in [4.78, 5) is 10.1. The molecule has 0 aromatic heterocycles. The molecule has 17 heavy (non-hydrogen) atoms. The fourth-order valence-corrected chi connectivity index (χ4v) is 1.78. The third kappa shape index (κ3) is 2.50. The Labute approximate surface area is 103 Å². The Balaban J connectivity index is 2.41. The number of hydrogen-bond acceptors (Lipinski definition) is 4. The van der Waals surface area contributed by atoms with Crippen LogP contribution in [0.5, 0.6) is 11.5 Å². The van der Waals surface area contributed by atoms with Crippen LogP contribution in [0.3, 0.4) is 0 Å². The molecular formula is C11H10ClNO4. The lowest BCUT2D eigenvalue weighted by Gasteiger charge is -2.19. The van der Waals surface area contributed by atoms with E-state index in [0.29, 0.717) is 35.3 Å². The average Bonchev–Trinajstić information content (AvgIpc) is 2.29. The van der Waals surface area contributed by atoms with Gasteiger partial charge in [0, 0.05) is 13.0 Å². The number of nitrogens with zero attached hydrogens (tertiary/aromatic N) is 1. The van der Waals surface area contributed by atoms with Gasteiger partial charge in [0.05, 0.1) is 9.95 Å². The molecular weight excluding hydrogens is 246 g/mol. The fraction of sp³-hybridized carbons (Fsp3) is 0.273. The van der Waals surface area contributed by atoms with Crippen LogP contribution in [0, 0.1) is 10.1 Å². The van der Waals surface area contributed by atoms with Crippen LogP contribution < -0.4 is 9.47 Å². The van der Waals surface area contributed by atoms with Crippen LogP contribution in [0.2, 0.25) is 5.02 Å². The van der Waals surface area contributed by atoms with Crippen LogP contribution in [-0.4, -0.2) is 18.1 Å². The van der Waals surface area contributed by atoms with Gasteiger partial charge in [0.15, 0.2) is 11.5 Å². The summed E-state index contributed by atoms with van der Waals surface area (Å²) >= 11 is 6.01. The number of halogens is 1. The average molecular weight is 256 g/mol. The van der Waals surface area contributed by atoms with Crippen molar-refractivity contribution in [2.45, 2.75) is 6.92 Å². The molecule has 90 valence electrons. The van der Waals surface area contributed by atoms with Gasteiger partial charge < -0.3 is 9.47 Å². The van der Waals surface area contributed by atoms with Gasteiger partial charge in [-0.2, -0.15) is 0 Å². The van der Waals surface area contributed by atoms with Gasteiger partial charge in [0.1, 0.15) is 13.2 Å². The maximum Gasteiger partial charge on any atom is 0.243 e. The second kappa shape index (κ2) is 4.63. The third-order valence-corrected chi connectivity index (χ3v) is 2.56. The van der Waals surface area contributed by atoms with E-state index < -0.39 is 4.92 Å². The topological polar surface area (TPSA) is 61.6 Å². The standard InChI is InChI=1S/C11H10ClNO4/c1-7(13(14)15)4-8-5-9(12)11-10(6-8)16-2-3-17-11/h4-6H,2-3H2,1H3/b7-4+. The molecule has 0 atom stereocenters. The number of hydrogen-bond donors (Lipinski definition) is 0. The number of rotatable bonds is 2. The Morgan fingerprint density at radius 2 is 2.18 bits per heavy atom. The first-order valence-electron chi connectivity index (χ1n) is 5.00. The minimum Gasteiger partial charge on any atom is -0.486 e. The molecule has 0 radical (unpaired) electrons. The highest BCUT2D eigenvalue weighted by atomic mass is 35.5. The van der Waals surface area contributed by atoms with E-state index in [4.69, 9.17) is 21.1 Å². The van der Waals surface area contributed by atoms with Crippen molar-refractivity contribution in [3.05, 3.63) is 38.5 Å². The lowest BCUT2D eigenvalue weighted by atomic mass is 10.1. The molecule has 5 nitrogen and oxygen atoms in total. The maximum absolute atomic E-state index is 10.5. The minimum atomic E-state index is -0.454. The van der Waals surface area contributed by atoms with E-state index in [9.17, 15) is 10.1 Å². The highest BCUT2D eigenvalue weighted by Crippen LogP contribution is 2.38. The van der Waals surface area contributed by atoms with Gasteiger partial charge in [0.25, 0.3) is 0 Å². The molecule has 0 bridgehead atoms. The zero-order valence-electron chi connectivity index (χ0n) is 9.10. The molecule has 0 spiro atoms. The van der Waals surface area contributed by atoms with E-state index in [0.717, 1.165) is 0 Å². The van der Waals surface area contributed by atoms with Gasteiger partial charge in [-0.25, -0.2) is 0 Å². The number of benzene rings is 1. The van der Waals surface area contributed by atoms with Gasteiger partial charge in [-0.3, -0.25) is 10.1 Å². The van der Waals surface area contributed by atoms with Gasteiger partial charge in [0.2, 0.25) is 5.70 Å². The van der Waals surface area contributed by atoms with Gasteiger partial charge in [-0.15, -0.1) is 0 Å². The van der Waals surface area contributed by atoms with E-state index in [1.807, 2.05) is 0 Å². The number of allylic oxidation sites excluding steroid dienone is 1. The summed E-state index contributed by atoms with van der Waals surface area (Å²) < 4.78 is 10.7. The summed E-state index contributed by atoms with van der Waals surface area (Å²) in [5.41, 5.74) is 0.659. The first kappa shape index (κ1) is 11.7. The summed E-state index contributed by atoms with van der Waals surface area (Å²) in [5.74, 6) is 1.01. The van der Waals surface area contributed by atoms with Crippen molar-refractivity contribution in [2.24, 2.45) is 0 Å². The predicted molar refractivity (Wildman–Crippen MR) is 63.1 cm³/mol. The van der Waals surface area contributed by atoms with Crippen molar-refractivity contribution >= 4 is 17.7 Å². The largest absolute Gasteiger partial charge is 0.486 e. The molecule has 6 heteroatoms. The number of fused-ring (bicyclic) bond motifs is 1. The summed E-state index contributed by atoms with van der Waals surface area (Å²) in [6.45, 7) is 2.32. The van der Waals surface area contributed by atoms with E-state index in [1.165, 1.54) is 13.0 Å². The molecule has 1 heterocycles. The van der Waals surface area contributed by atoms with Gasteiger partial charge >= 0.3 is 0 Å². The van der Waals surface area contributed by atoms with Gasteiger partial charge in [-0.05, 0) is 17.7 Å². The Morgan fingerprint density at radius 1 is 1.47 bits per heavy atom. The molecule has 1 aliphatic heterocycles. The molecule has 1 aromatic rings. The molecule has 0 N–H and O–H groups in total. The highest BCUT2D eigenvalue weighted by molar-refractivity contribution is 6.32. The van der Waals surface area contributed by atoms with Crippen LogP contribution >= 0.6 is 11.6 Å².